The van der Waals surface area contributed by atoms with Crippen molar-refractivity contribution >= 4 is 10.9 Å². The van der Waals surface area contributed by atoms with Gasteiger partial charge in [-0.1, -0.05) is 19.9 Å². The highest BCUT2D eigenvalue weighted by molar-refractivity contribution is 5.85. The SMILES string of the molecule is CC(C)c1ccc2[nH]cc(C(C)(C)N)c2c1. The van der Waals surface area contributed by atoms with Crippen molar-refractivity contribution < 1.29 is 0 Å². The van der Waals surface area contributed by atoms with Crippen molar-refractivity contribution in [2.45, 2.75) is 39.2 Å². The summed E-state index contributed by atoms with van der Waals surface area (Å²) in [4.78, 5) is 3.28. The van der Waals surface area contributed by atoms with E-state index in [0.29, 0.717) is 5.92 Å². The van der Waals surface area contributed by atoms with E-state index in [1.807, 2.05) is 20.0 Å². The van der Waals surface area contributed by atoms with Gasteiger partial charge in [0.15, 0.2) is 0 Å². The second-order valence-electron chi connectivity index (χ2n) is 5.38. The summed E-state index contributed by atoms with van der Waals surface area (Å²) in [5.74, 6) is 0.549. The molecule has 1 aromatic heterocycles. The zero-order chi connectivity index (χ0) is 11.9. The molecule has 0 aliphatic heterocycles. The fourth-order valence-corrected chi connectivity index (χ4v) is 2.03. The van der Waals surface area contributed by atoms with Gasteiger partial charge >= 0.3 is 0 Å². The second kappa shape index (κ2) is 3.63. The van der Waals surface area contributed by atoms with Gasteiger partial charge in [0, 0.05) is 22.6 Å². The number of benzene rings is 1. The minimum Gasteiger partial charge on any atom is -0.361 e. The maximum Gasteiger partial charge on any atom is 0.0457 e. The van der Waals surface area contributed by atoms with Gasteiger partial charge in [-0.05, 0) is 43.0 Å². The Bertz CT molecular complexity index is 501. The Labute approximate surface area is 96.9 Å². The lowest BCUT2D eigenvalue weighted by atomic mass is 9.93. The number of hydrogen-bond acceptors (Lipinski definition) is 1. The zero-order valence-electron chi connectivity index (χ0n) is 10.5. The lowest BCUT2D eigenvalue weighted by Crippen LogP contribution is -2.28. The summed E-state index contributed by atoms with van der Waals surface area (Å²) in [7, 11) is 0. The van der Waals surface area contributed by atoms with E-state index in [2.05, 4.69) is 37.0 Å². The summed E-state index contributed by atoms with van der Waals surface area (Å²) in [6, 6.07) is 6.57. The van der Waals surface area contributed by atoms with Gasteiger partial charge in [0.25, 0.3) is 0 Å². The van der Waals surface area contributed by atoms with E-state index in [0.717, 1.165) is 5.52 Å². The molecule has 0 aliphatic rings. The lowest BCUT2D eigenvalue weighted by molar-refractivity contribution is 0.559. The van der Waals surface area contributed by atoms with Gasteiger partial charge in [-0.2, -0.15) is 0 Å². The van der Waals surface area contributed by atoms with Crippen LogP contribution in [0.15, 0.2) is 24.4 Å². The van der Waals surface area contributed by atoms with E-state index in [1.54, 1.807) is 0 Å². The molecule has 0 saturated heterocycles. The first kappa shape index (κ1) is 11.2. The van der Waals surface area contributed by atoms with Gasteiger partial charge in [0.2, 0.25) is 0 Å². The molecule has 0 fully saturated rings. The molecule has 1 heterocycles. The minimum absolute atomic E-state index is 0.298. The molecule has 0 saturated carbocycles. The van der Waals surface area contributed by atoms with Crippen molar-refractivity contribution in [3.63, 3.8) is 0 Å². The molecule has 86 valence electrons. The molecule has 1 aromatic carbocycles. The maximum absolute atomic E-state index is 6.17. The Kier molecular flexibility index (Phi) is 2.55. The smallest absolute Gasteiger partial charge is 0.0457 e. The fourth-order valence-electron chi connectivity index (χ4n) is 2.03. The standard InChI is InChI=1S/C14H20N2/c1-9(2)10-5-6-13-11(7-10)12(8-16-13)14(3,4)15/h5-9,16H,15H2,1-4H3. The number of nitrogens with one attached hydrogen (secondary N) is 1. The molecule has 2 rings (SSSR count). The van der Waals surface area contributed by atoms with Crippen molar-refractivity contribution in [2.24, 2.45) is 5.73 Å². The van der Waals surface area contributed by atoms with Crippen molar-refractivity contribution in [1.29, 1.82) is 0 Å². The second-order valence-corrected chi connectivity index (χ2v) is 5.38. The average molecular weight is 216 g/mol. The van der Waals surface area contributed by atoms with Crippen molar-refractivity contribution in [2.75, 3.05) is 0 Å². The number of nitrogens with two attached hydrogens (primary N) is 1. The molecule has 3 N–H and O–H groups in total. The molecule has 0 amide bonds. The first-order valence-electron chi connectivity index (χ1n) is 5.80. The van der Waals surface area contributed by atoms with E-state index >= 15 is 0 Å². The van der Waals surface area contributed by atoms with Crippen molar-refractivity contribution in [3.05, 3.63) is 35.5 Å². The first-order valence-corrected chi connectivity index (χ1v) is 5.80. The Balaban J connectivity index is 2.65. The molecule has 0 aliphatic carbocycles. The number of aromatic nitrogens is 1. The summed E-state index contributed by atoms with van der Waals surface area (Å²) >= 11 is 0. The van der Waals surface area contributed by atoms with E-state index in [4.69, 9.17) is 5.73 Å². The Morgan fingerprint density at radius 1 is 1.25 bits per heavy atom. The van der Waals surface area contributed by atoms with Crippen molar-refractivity contribution in [1.82, 2.24) is 4.98 Å². The molecule has 16 heavy (non-hydrogen) atoms. The number of fused-ring (bicyclic) bond motifs is 1. The quantitative estimate of drug-likeness (QED) is 0.792. The molecule has 2 aromatic rings. The van der Waals surface area contributed by atoms with Crippen LogP contribution in [0.3, 0.4) is 0 Å². The average Bonchev–Trinajstić information content (AvgIpc) is 2.58. The van der Waals surface area contributed by atoms with Crippen LogP contribution in [-0.2, 0) is 5.54 Å². The number of H-pyrrole nitrogens is 1. The summed E-state index contributed by atoms with van der Waals surface area (Å²) < 4.78 is 0. The zero-order valence-corrected chi connectivity index (χ0v) is 10.5. The predicted molar refractivity (Wildman–Crippen MR) is 69.6 cm³/mol. The third-order valence-electron chi connectivity index (χ3n) is 3.07. The maximum atomic E-state index is 6.17. The van der Waals surface area contributed by atoms with Crippen molar-refractivity contribution in [3.8, 4) is 0 Å². The first-order chi connectivity index (χ1) is 7.39. The highest BCUT2D eigenvalue weighted by Crippen LogP contribution is 2.29. The lowest BCUT2D eigenvalue weighted by Gasteiger charge is -2.18. The van der Waals surface area contributed by atoms with Crippen LogP contribution in [0.1, 0.15) is 44.7 Å². The van der Waals surface area contributed by atoms with E-state index in [-0.39, 0.29) is 5.54 Å². The molecule has 2 heteroatoms. The summed E-state index contributed by atoms with van der Waals surface area (Å²) in [6.07, 6.45) is 2.02. The Morgan fingerprint density at radius 2 is 1.94 bits per heavy atom. The van der Waals surface area contributed by atoms with Gasteiger partial charge in [0.05, 0.1) is 0 Å². The molecule has 0 bridgehead atoms. The van der Waals surface area contributed by atoms with E-state index in [1.165, 1.54) is 16.5 Å². The summed E-state index contributed by atoms with van der Waals surface area (Å²) in [6.45, 7) is 8.50. The minimum atomic E-state index is -0.298. The number of rotatable bonds is 2. The van der Waals surface area contributed by atoms with Crippen LogP contribution in [-0.4, -0.2) is 4.98 Å². The van der Waals surface area contributed by atoms with E-state index < -0.39 is 0 Å². The largest absolute Gasteiger partial charge is 0.361 e. The Morgan fingerprint density at radius 3 is 2.50 bits per heavy atom. The van der Waals surface area contributed by atoms with Gasteiger partial charge in [-0.15, -0.1) is 0 Å². The monoisotopic (exact) mass is 216 g/mol. The fraction of sp³-hybridized carbons (Fsp3) is 0.429. The van der Waals surface area contributed by atoms with Crippen LogP contribution >= 0.6 is 0 Å². The third kappa shape index (κ3) is 1.85. The topological polar surface area (TPSA) is 41.8 Å². The Hall–Kier alpha value is -1.28. The van der Waals surface area contributed by atoms with Crippen LogP contribution in [0.4, 0.5) is 0 Å². The van der Waals surface area contributed by atoms with Crippen LogP contribution in [0.2, 0.25) is 0 Å². The predicted octanol–water partition coefficient (Wildman–Crippen LogP) is 3.49. The van der Waals surface area contributed by atoms with E-state index in [9.17, 15) is 0 Å². The molecule has 0 radical (unpaired) electrons. The number of aromatic amines is 1. The molecule has 0 spiro atoms. The summed E-state index contributed by atoms with van der Waals surface area (Å²) in [5.41, 5.74) is 9.58. The normalized spacial score (nSPS) is 12.6. The molecule has 0 atom stereocenters. The van der Waals surface area contributed by atoms with Gasteiger partial charge in [-0.3, -0.25) is 0 Å². The van der Waals surface area contributed by atoms with Crippen LogP contribution in [0.25, 0.3) is 10.9 Å². The molecular formula is C14H20N2. The van der Waals surface area contributed by atoms with Gasteiger partial charge in [0.1, 0.15) is 0 Å². The molecule has 2 nitrogen and oxygen atoms in total. The van der Waals surface area contributed by atoms with Gasteiger partial charge in [-0.25, -0.2) is 0 Å². The summed E-state index contributed by atoms with van der Waals surface area (Å²) in [5, 5.41) is 1.25. The van der Waals surface area contributed by atoms with Crippen LogP contribution in [0.5, 0.6) is 0 Å². The van der Waals surface area contributed by atoms with Crippen LogP contribution < -0.4 is 5.73 Å². The molecule has 0 unspecified atom stereocenters. The van der Waals surface area contributed by atoms with Gasteiger partial charge < -0.3 is 10.7 Å². The highest BCUT2D eigenvalue weighted by atomic mass is 14.8. The van der Waals surface area contributed by atoms with Crippen LogP contribution in [0, 0.1) is 0 Å². The third-order valence-corrected chi connectivity index (χ3v) is 3.07. The highest BCUT2D eigenvalue weighted by Gasteiger charge is 2.18. The number of hydrogen-bond donors (Lipinski definition) is 2. The molecular weight excluding hydrogens is 196 g/mol.